The third-order valence-electron chi connectivity index (χ3n) is 3.81. The van der Waals surface area contributed by atoms with E-state index in [2.05, 4.69) is 25.3 Å². The van der Waals surface area contributed by atoms with Gasteiger partial charge in [0.1, 0.15) is 5.03 Å². The third kappa shape index (κ3) is 3.24. The average molecular weight is 372 g/mol. The fourth-order valence-electron chi connectivity index (χ4n) is 2.47. The molecule has 0 unspecified atom stereocenters. The van der Waals surface area contributed by atoms with Crippen LogP contribution in [0.2, 0.25) is 0 Å². The molecule has 0 radical (unpaired) electrons. The van der Waals surface area contributed by atoms with Crippen molar-refractivity contribution in [2.45, 2.75) is 11.9 Å². The lowest BCUT2D eigenvalue weighted by molar-refractivity contribution is 0.102. The summed E-state index contributed by atoms with van der Waals surface area (Å²) in [5.41, 5.74) is 1.65. The van der Waals surface area contributed by atoms with Crippen LogP contribution < -0.4 is 5.32 Å². The van der Waals surface area contributed by atoms with E-state index in [0.717, 1.165) is 28.8 Å². The number of nitrogens with one attached hydrogen (secondary N) is 1. The van der Waals surface area contributed by atoms with Gasteiger partial charge in [0, 0.05) is 13.6 Å². The minimum absolute atomic E-state index is 0.146. The minimum Gasteiger partial charge on any atom is -0.352 e. The minimum atomic E-state index is -0.146. The number of thiophene rings is 1. The van der Waals surface area contributed by atoms with Crippen molar-refractivity contribution in [2.75, 3.05) is 25.5 Å². The van der Waals surface area contributed by atoms with E-state index < -0.39 is 0 Å². The molecule has 25 heavy (non-hydrogen) atoms. The van der Waals surface area contributed by atoms with Gasteiger partial charge in [0.15, 0.2) is 16.6 Å². The highest BCUT2D eigenvalue weighted by Crippen LogP contribution is 2.22. The summed E-state index contributed by atoms with van der Waals surface area (Å²) >= 11 is 2.95. The first-order valence-corrected chi connectivity index (χ1v) is 9.45. The molecule has 0 aliphatic carbocycles. The maximum Gasteiger partial charge on any atom is 0.267 e. The summed E-state index contributed by atoms with van der Waals surface area (Å²) in [6.07, 6.45) is 1.72. The van der Waals surface area contributed by atoms with Crippen LogP contribution >= 0.6 is 23.1 Å². The van der Waals surface area contributed by atoms with Gasteiger partial charge in [-0.15, -0.1) is 11.3 Å². The number of anilines is 1. The standard InChI is InChI=1S/C16H16N6OS2/c1-10-5-8-24-14(10)15(23)19-11-9-22-12(18-11)3-4-13(20-22)25-16-17-6-7-21(16)2/h3-5,8-9H,6-7H2,1-2H3,(H,19,23). The van der Waals surface area contributed by atoms with Crippen LogP contribution in [0, 0.1) is 6.92 Å². The molecule has 0 atom stereocenters. The molecule has 3 aromatic rings. The molecule has 0 spiro atoms. The second-order valence-corrected chi connectivity index (χ2v) is 7.58. The number of aliphatic imine (C=N–C) groups is 1. The fraction of sp³-hybridized carbons (Fsp3) is 0.250. The number of hydrogen-bond acceptors (Lipinski definition) is 7. The molecule has 1 N–H and O–H groups in total. The van der Waals surface area contributed by atoms with E-state index in [1.54, 1.807) is 10.7 Å². The number of likely N-dealkylation sites (N-methyl/N-ethyl adjacent to an activating group) is 1. The molecule has 0 saturated carbocycles. The Labute approximate surface area is 152 Å². The number of nitrogens with zero attached hydrogens (tertiary/aromatic N) is 5. The maximum atomic E-state index is 12.3. The summed E-state index contributed by atoms with van der Waals surface area (Å²) < 4.78 is 1.68. The van der Waals surface area contributed by atoms with Gasteiger partial charge in [-0.1, -0.05) is 0 Å². The highest BCUT2D eigenvalue weighted by Gasteiger charge is 2.16. The molecular formula is C16H16N6OS2. The lowest BCUT2D eigenvalue weighted by Gasteiger charge is -2.11. The number of thioether (sulfide) groups is 1. The topological polar surface area (TPSA) is 74.9 Å². The molecule has 0 saturated heterocycles. The molecule has 4 rings (SSSR count). The number of hydrogen-bond donors (Lipinski definition) is 1. The zero-order chi connectivity index (χ0) is 17.4. The molecule has 1 aliphatic rings. The van der Waals surface area contributed by atoms with Crippen molar-refractivity contribution in [1.29, 1.82) is 0 Å². The third-order valence-corrected chi connectivity index (χ3v) is 5.88. The molecule has 0 bridgehead atoms. The number of amides is 1. The first kappa shape index (κ1) is 16.1. The molecule has 7 nitrogen and oxygen atoms in total. The van der Waals surface area contributed by atoms with Gasteiger partial charge in [0.2, 0.25) is 0 Å². The Bertz CT molecular complexity index is 976. The Balaban J connectivity index is 1.54. The summed E-state index contributed by atoms with van der Waals surface area (Å²) in [6.45, 7) is 3.68. The summed E-state index contributed by atoms with van der Waals surface area (Å²) in [6, 6.07) is 5.73. The van der Waals surface area contributed by atoms with Gasteiger partial charge in [0.05, 0.1) is 17.6 Å². The molecule has 128 valence electrons. The van der Waals surface area contributed by atoms with Gasteiger partial charge in [0.25, 0.3) is 5.91 Å². The zero-order valence-corrected chi connectivity index (χ0v) is 15.4. The van der Waals surface area contributed by atoms with Gasteiger partial charge in [-0.3, -0.25) is 9.79 Å². The van der Waals surface area contributed by atoms with Gasteiger partial charge in [-0.05, 0) is 47.8 Å². The molecule has 9 heteroatoms. The Hall–Kier alpha value is -2.39. The summed E-state index contributed by atoms with van der Waals surface area (Å²) in [4.78, 5) is 24.0. The predicted octanol–water partition coefficient (Wildman–Crippen LogP) is 2.75. The van der Waals surface area contributed by atoms with Crippen molar-refractivity contribution < 1.29 is 4.79 Å². The molecule has 1 amide bonds. The first-order valence-electron chi connectivity index (χ1n) is 7.75. The first-order chi connectivity index (χ1) is 12.1. The molecule has 4 heterocycles. The summed E-state index contributed by atoms with van der Waals surface area (Å²) in [5, 5.41) is 11.1. The zero-order valence-electron chi connectivity index (χ0n) is 13.8. The largest absolute Gasteiger partial charge is 0.352 e. The average Bonchev–Trinajstić information content (AvgIpc) is 3.28. The van der Waals surface area contributed by atoms with Crippen LogP contribution in [0.15, 0.2) is 39.8 Å². The molecule has 0 fully saturated rings. The van der Waals surface area contributed by atoms with E-state index in [1.807, 2.05) is 37.6 Å². The molecule has 0 aromatic carbocycles. The van der Waals surface area contributed by atoms with Crippen molar-refractivity contribution in [1.82, 2.24) is 19.5 Å². The lowest BCUT2D eigenvalue weighted by Crippen LogP contribution is -2.19. The number of fused-ring (bicyclic) bond motifs is 1. The Morgan fingerprint density at radius 2 is 2.24 bits per heavy atom. The van der Waals surface area contributed by atoms with Crippen LogP contribution in [0.4, 0.5) is 5.82 Å². The van der Waals surface area contributed by atoms with Crippen LogP contribution in [0.25, 0.3) is 5.65 Å². The number of carbonyl (C=O) groups excluding carboxylic acids is 1. The molecular weight excluding hydrogens is 356 g/mol. The highest BCUT2D eigenvalue weighted by molar-refractivity contribution is 8.13. The van der Waals surface area contributed by atoms with Crippen molar-refractivity contribution in [3.8, 4) is 0 Å². The molecule has 3 aromatic heterocycles. The van der Waals surface area contributed by atoms with Gasteiger partial charge < -0.3 is 10.2 Å². The number of carbonyl (C=O) groups is 1. The Morgan fingerprint density at radius 1 is 1.36 bits per heavy atom. The lowest BCUT2D eigenvalue weighted by atomic mass is 10.3. The SMILES string of the molecule is Cc1ccsc1C(=O)Nc1cn2nc(SC3=NCCN3C)ccc2n1. The van der Waals surface area contributed by atoms with Gasteiger partial charge >= 0.3 is 0 Å². The second kappa shape index (κ2) is 6.49. The fourth-order valence-corrected chi connectivity index (χ4v) is 4.15. The normalized spacial score (nSPS) is 14.2. The van der Waals surface area contributed by atoms with E-state index in [-0.39, 0.29) is 5.91 Å². The summed E-state index contributed by atoms with van der Waals surface area (Å²) in [7, 11) is 2.02. The smallest absolute Gasteiger partial charge is 0.267 e. The van der Waals surface area contributed by atoms with E-state index in [0.29, 0.717) is 16.3 Å². The number of aromatic nitrogens is 3. The molecule has 1 aliphatic heterocycles. The van der Waals surface area contributed by atoms with Gasteiger partial charge in [-0.2, -0.15) is 5.10 Å². The number of amidine groups is 1. The summed E-state index contributed by atoms with van der Waals surface area (Å²) in [5.74, 6) is 0.343. The quantitative estimate of drug-likeness (QED) is 0.765. The van der Waals surface area contributed by atoms with E-state index in [9.17, 15) is 4.79 Å². The van der Waals surface area contributed by atoms with Crippen molar-refractivity contribution in [2.24, 2.45) is 4.99 Å². The van der Waals surface area contributed by atoms with Crippen molar-refractivity contribution in [3.05, 3.63) is 40.2 Å². The van der Waals surface area contributed by atoms with Crippen LogP contribution in [-0.4, -0.2) is 50.7 Å². The number of rotatable bonds is 3. The van der Waals surface area contributed by atoms with Crippen LogP contribution in [-0.2, 0) is 0 Å². The van der Waals surface area contributed by atoms with Crippen LogP contribution in [0.3, 0.4) is 0 Å². The van der Waals surface area contributed by atoms with Crippen molar-refractivity contribution >= 4 is 45.6 Å². The van der Waals surface area contributed by atoms with E-state index in [1.165, 1.54) is 23.1 Å². The van der Waals surface area contributed by atoms with E-state index in [4.69, 9.17) is 0 Å². The maximum absolute atomic E-state index is 12.3. The van der Waals surface area contributed by atoms with Gasteiger partial charge in [-0.25, -0.2) is 9.50 Å². The van der Waals surface area contributed by atoms with Crippen LogP contribution in [0.5, 0.6) is 0 Å². The van der Waals surface area contributed by atoms with Crippen molar-refractivity contribution in [3.63, 3.8) is 0 Å². The van der Waals surface area contributed by atoms with E-state index >= 15 is 0 Å². The Morgan fingerprint density at radius 3 is 2.96 bits per heavy atom. The Kier molecular flexibility index (Phi) is 4.18. The monoisotopic (exact) mass is 372 g/mol. The number of aryl methyl sites for hydroxylation is 1. The van der Waals surface area contributed by atoms with Crippen LogP contribution in [0.1, 0.15) is 15.2 Å². The highest BCUT2D eigenvalue weighted by atomic mass is 32.2. The second-order valence-electron chi connectivity index (χ2n) is 5.68. The predicted molar refractivity (Wildman–Crippen MR) is 101 cm³/mol. The number of imidazole rings is 1.